The van der Waals surface area contributed by atoms with E-state index in [1.54, 1.807) is 48.5 Å². The summed E-state index contributed by atoms with van der Waals surface area (Å²) in [7, 11) is -3.88. The molecule has 7 nitrogen and oxygen atoms in total. The number of nitrogens with one attached hydrogen (secondary N) is 1. The Morgan fingerprint density at radius 3 is 2.24 bits per heavy atom. The van der Waals surface area contributed by atoms with Crippen molar-refractivity contribution in [3.05, 3.63) is 109 Å². The Morgan fingerprint density at radius 1 is 0.970 bits per heavy atom. The van der Waals surface area contributed by atoms with E-state index in [1.807, 2.05) is 30.3 Å². The number of ether oxygens (including phenoxy) is 1. The Labute approximate surface area is 194 Å². The van der Waals surface area contributed by atoms with Gasteiger partial charge in [-0.15, -0.1) is 0 Å². The largest absolute Gasteiger partial charge is 0.490 e. The zero-order valence-electron chi connectivity index (χ0n) is 18.0. The van der Waals surface area contributed by atoms with E-state index in [1.165, 1.54) is 18.3 Å². The van der Waals surface area contributed by atoms with E-state index >= 15 is 0 Å². The number of hydrazone groups is 1. The van der Waals surface area contributed by atoms with Crippen molar-refractivity contribution >= 4 is 22.1 Å². The van der Waals surface area contributed by atoms with Gasteiger partial charge in [-0.05, 0) is 47.5 Å². The second kappa shape index (κ2) is 11.8. The number of carbonyl (C=O) groups is 1. The summed E-state index contributed by atoms with van der Waals surface area (Å²) in [6.07, 6.45) is 3.13. The van der Waals surface area contributed by atoms with Crippen molar-refractivity contribution in [2.24, 2.45) is 5.10 Å². The number of amides is 1. The Balaban J connectivity index is 1.68. The summed E-state index contributed by atoms with van der Waals surface area (Å²) >= 11 is 0. The molecule has 0 saturated carbocycles. The minimum atomic E-state index is -3.88. The highest BCUT2D eigenvalue weighted by Gasteiger charge is 2.26. The maximum atomic E-state index is 13.2. The highest BCUT2D eigenvalue weighted by atomic mass is 32.2. The highest BCUT2D eigenvalue weighted by Crippen LogP contribution is 2.18. The van der Waals surface area contributed by atoms with Gasteiger partial charge in [-0.1, -0.05) is 61.2 Å². The predicted octanol–water partition coefficient (Wildman–Crippen LogP) is 3.59. The Hall–Kier alpha value is -3.75. The van der Waals surface area contributed by atoms with Gasteiger partial charge in [0.1, 0.15) is 12.4 Å². The van der Waals surface area contributed by atoms with Gasteiger partial charge in [0.05, 0.1) is 17.7 Å². The number of rotatable bonds is 11. The van der Waals surface area contributed by atoms with Crippen LogP contribution >= 0.6 is 0 Å². The smallest absolute Gasteiger partial charge is 0.255 e. The molecule has 0 aromatic heterocycles. The van der Waals surface area contributed by atoms with Gasteiger partial charge in [0.2, 0.25) is 10.0 Å². The van der Waals surface area contributed by atoms with Crippen molar-refractivity contribution < 1.29 is 17.9 Å². The van der Waals surface area contributed by atoms with Crippen molar-refractivity contribution in [2.75, 3.05) is 13.2 Å². The van der Waals surface area contributed by atoms with Gasteiger partial charge in [0.15, 0.2) is 0 Å². The molecule has 1 N–H and O–H groups in total. The van der Waals surface area contributed by atoms with Gasteiger partial charge in [0, 0.05) is 6.54 Å². The maximum absolute atomic E-state index is 13.2. The van der Waals surface area contributed by atoms with Crippen LogP contribution in [0.3, 0.4) is 0 Å². The molecule has 0 fully saturated rings. The highest BCUT2D eigenvalue weighted by molar-refractivity contribution is 7.89. The minimum Gasteiger partial charge on any atom is -0.490 e. The van der Waals surface area contributed by atoms with E-state index in [2.05, 4.69) is 17.1 Å². The third-order valence-electron chi connectivity index (χ3n) is 4.55. The molecular formula is C25H25N3O4S. The molecule has 0 heterocycles. The first-order chi connectivity index (χ1) is 16.0. The normalized spacial score (nSPS) is 11.4. The molecule has 3 aromatic carbocycles. The monoisotopic (exact) mass is 463 g/mol. The molecule has 170 valence electrons. The number of nitrogens with zero attached hydrogens (tertiary/aromatic N) is 2. The summed E-state index contributed by atoms with van der Waals surface area (Å²) in [6.45, 7) is 3.69. The van der Waals surface area contributed by atoms with Gasteiger partial charge in [-0.3, -0.25) is 4.79 Å². The molecule has 0 bridgehead atoms. The maximum Gasteiger partial charge on any atom is 0.255 e. The van der Waals surface area contributed by atoms with Crippen molar-refractivity contribution in [2.45, 2.75) is 11.4 Å². The molecule has 1 amide bonds. The fourth-order valence-electron chi connectivity index (χ4n) is 2.93. The van der Waals surface area contributed by atoms with E-state index in [4.69, 9.17) is 4.74 Å². The van der Waals surface area contributed by atoms with Crippen LogP contribution in [0.15, 0.2) is 108 Å². The number of hydrogen-bond donors (Lipinski definition) is 1. The fourth-order valence-corrected chi connectivity index (χ4v) is 4.34. The summed E-state index contributed by atoms with van der Waals surface area (Å²) in [6, 6.07) is 24.3. The first kappa shape index (κ1) is 23.9. The predicted molar refractivity (Wildman–Crippen MR) is 128 cm³/mol. The first-order valence-corrected chi connectivity index (χ1v) is 11.7. The quantitative estimate of drug-likeness (QED) is 0.267. The van der Waals surface area contributed by atoms with Crippen LogP contribution in [0.1, 0.15) is 11.1 Å². The molecule has 3 rings (SSSR count). The van der Waals surface area contributed by atoms with E-state index < -0.39 is 15.9 Å². The number of hydrogen-bond acceptors (Lipinski definition) is 5. The lowest BCUT2D eigenvalue weighted by molar-refractivity contribution is -0.121. The van der Waals surface area contributed by atoms with Crippen LogP contribution < -0.4 is 10.2 Å². The zero-order valence-corrected chi connectivity index (χ0v) is 18.8. The number of sulfonamides is 1. The van der Waals surface area contributed by atoms with Crippen LogP contribution in [0.4, 0.5) is 0 Å². The molecule has 0 aliphatic rings. The summed E-state index contributed by atoms with van der Waals surface area (Å²) in [5.41, 5.74) is 3.92. The topological polar surface area (TPSA) is 88.1 Å². The summed E-state index contributed by atoms with van der Waals surface area (Å²) in [5, 5.41) is 3.95. The third-order valence-corrected chi connectivity index (χ3v) is 6.36. The SMILES string of the molecule is C=CCOc1ccc(C=NNC(=O)CN(Cc2ccccc2)S(=O)(=O)c2ccccc2)cc1. The van der Waals surface area contributed by atoms with Crippen molar-refractivity contribution in [3.63, 3.8) is 0 Å². The average molecular weight is 464 g/mol. The van der Waals surface area contributed by atoms with E-state index in [0.717, 1.165) is 15.4 Å². The van der Waals surface area contributed by atoms with Crippen LogP contribution in [0.2, 0.25) is 0 Å². The summed E-state index contributed by atoms with van der Waals surface area (Å²) in [4.78, 5) is 12.6. The molecule has 0 atom stereocenters. The second-order valence-corrected chi connectivity index (χ2v) is 8.97. The zero-order chi connectivity index (χ0) is 23.5. The van der Waals surface area contributed by atoms with Crippen molar-refractivity contribution in [3.8, 4) is 5.75 Å². The molecule has 0 aliphatic carbocycles. The lowest BCUT2D eigenvalue weighted by Crippen LogP contribution is -2.39. The molecule has 0 radical (unpaired) electrons. The number of carbonyl (C=O) groups excluding carboxylic acids is 1. The molecule has 0 unspecified atom stereocenters. The Bertz CT molecular complexity index is 1180. The van der Waals surface area contributed by atoms with Crippen LogP contribution in [-0.2, 0) is 21.4 Å². The van der Waals surface area contributed by atoms with Gasteiger partial charge in [0.25, 0.3) is 5.91 Å². The van der Waals surface area contributed by atoms with Crippen molar-refractivity contribution in [1.29, 1.82) is 0 Å². The van der Waals surface area contributed by atoms with Gasteiger partial charge < -0.3 is 4.74 Å². The Morgan fingerprint density at radius 2 is 1.61 bits per heavy atom. The van der Waals surface area contributed by atoms with E-state index in [-0.39, 0.29) is 18.0 Å². The number of benzene rings is 3. The third kappa shape index (κ3) is 7.13. The molecule has 8 heteroatoms. The van der Waals surface area contributed by atoms with Gasteiger partial charge >= 0.3 is 0 Å². The summed E-state index contributed by atoms with van der Waals surface area (Å²) in [5.74, 6) is 0.145. The molecule has 0 spiro atoms. The molecular weight excluding hydrogens is 438 g/mol. The molecule has 0 aliphatic heterocycles. The molecule has 33 heavy (non-hydrogen) atoms. The lowest BCUT2D eigenvalue weighted by atomic mass is 10.2. The van der Waals surface area contributed by atoms with Gasteiger partial charge in [-0.2, -0.15) is 9.41 Å². The average Bonchev–Trinajstić information content (AvgIpc) is 2.84. The van der Waals surface area contributed by atoms with E-state index in [9.17, 15) is 13.2 Å². The van der Waals surface area contributed by atoms with Crippen molar-refractivity contribution in [1.82, 2.24) is 9.73 Å². The first-order valence-electron chi connectivity index (χ1n) is 10.2. The standard InChI is InChI=1S/C25H25N3O4S/c1-2-17-32-23-15-13-21(14-16-23)18-26-27-25(29)20-28(19-22-9-5-3-6-10-22)33(30,31)24-11-7-4-8-12-24/h2-16,18H,1,17,19-20H2,(H,27,29). The lowest BCUT2D eigenvalue weighted by Gasteiger charge is -2.21. The Kier molecular flexibility index (Phi) is 8.51. The fraction of sp³-hybridized carbons (Fsp3) is 0.120. The molecule has 0 saturated heterocycles. The van der Waals surface area contributed by atoms with Crippen LogP contribution in [-0.4, -0.2) is 38.0 Å². The summed E-state index contributed by atoms with van der Waals surface area (Å²) < 4.78 is 32.9. The van der Waals surface area contributed by atoms with Gasteiger partial charge in [-0.25, -0.2) is 13.8 Å². The van der Waals surface area contributed by atoms with Crippen LogP contribution in [0.25, 0.3) is 0 Å². The minimum absolute atomic E-state index is 0.0569. The second-order valence-electron chi connectivity index (χ2n) is 7.03. The van der Waals surface area contributed by atoms with Crippen LogP contribution in [0, 0.1) is 0 Å². The van der Waals surface area contributed by atoms with E-state index in [0.29, 0.717) is 12.4 Å². The molecule has 3 aromatic rings. The van der Waals surface area contributed by atoms with Crippen LogP contribution in [0.5, 0.6) is 5.75 Å².